The van der Waals surface area contributed by atoms with Crippen LogP contribution in [-0.2, 0) is 26.0 Å². The van der Waals surface area contributed by atoms with E-state index in [0.29, 0.717) is 36.4 Å². The van der Waals surface area contributed by atoms with Crippen molar-refractivity contribution in [3.63, 3.8) is 0 Å². The molecule has 2 rings (SSSR count). The van der Waals surface area contributed by atoms with Crippen LogP contribution in [0.3, 0.4) is 0 Å². The summed E-state index contributed by atoms with van der Waals surface area (Å²) >= 11 is 0. The molecule has 0 saturated heterocycles. The summed E-state index contributed by atoms with van der Waals surface area (Å²) in [4.78, 5) is 26.9. The van der Waals surface area contributed by atoms with Gasteiger partial charge in [0.05, 0.1) is 20.6 Å². The van der Waals surface area contributed by atoms with E-state index in [4.69, 9.17) is 15.2 Å². The molecule has 0 aliphatic rings. The number of nitrogens with two attached hydrogens (primary N) is 1. The molecule has 3 N–H and O–H groups in total. The van der Waals surface area contributed by atoms with Gasteiger partial charge < -0.3 is 20.3 Å². The third-order valence-corrected chi connectivity index (χ3v) is 8.95. The van der Waals surface area contributed by atoms with E-state index in [1.54, 1.807) is 44.2 Å². The molecule has 9 nitrogen and oxygen atoms in total. The Kier molecular flexibility index (Phi) is 11.3. The third-order valence-electron chi connectivity index (χ3n) is 6.62. The van der Waals surface area contributed by atoms with Gasteiger partial charge in [-0.2, -0.15) is 8.42 Å². The number of rotatable bonds is 15. The molecule has 0 radical (unpaired) electrons. The number of benzene rings is 2. The van der Waals surface area contributed by atoms with Crippen molar-refractivity contribution in [3.8, 4) is 11.5 Å². The number of amides is 1. The van der Waals surface area contributed by atoms with E-state index in [1.807, 2.05) is 6.92 Å². The minimum Gasteiger partial charge on any atom is -0.493 e. The predicted molar refractivity (Wildman–Crippen MR) is 146 cm³/mol. The molecule has 10 heteroatoms. The highest BCUT2D eigenvalue weighted by molar-refractivity contribution is 7.86. The van der Waals surface area contributed by atoms with Gasteiger partial charge in [-0.25, -0.2) is 9.59 Å². The Morgan fingerprint density at radius 2 is 1.68 bits per heavy atom. The number of hydrogen-bond acceptors (Lipinski definition) is 7. The molecule has 0 aliphatic carbocycles. The van der Waals surface area contributed by atoms with Gasteiger partial charge in [-0.1, -0.05) is 43.7 Å². The summed E-state index contributed by atoms with van der Waals surface area (Å²) in [6, 6.07) is 9.94. The molecule has 210 valence electrons. The van der Waals surface area contributed by atoms with Crippen LogP contribution in [0.5, 0.6) is 11.5 Å². The lowest BCUT2D eigenvalue weighted by Gasteiger charge is -2.40. The topological polar surface area (TPSA) is 133 Å². The summed E-state index contributed by atoms with van der Waals surface area (Å²) in [6.07, 6.45) is 0.841. The summed E-state index contributed by atoms with van der Waals surface area (Å²) in [5.74, 6) is -1.36. The minimum atomic E-state index is -4.47. The standard InChI is InChI=1S/C28H40N2O7S/c1-20(2)19-30(24(28(32)33)10-6-7-18-29,38(34,35)23-15-12-21(3)13-16-23)26(31)17-14-22-9-8-11-25(36-4)27(22)37-5/h8-9,11-13,15-16,20,24H,6-7,10,14,17-19,29H2,1-5H3/p+1/t24-,30?/m0/s1. The summed E-state index contributed by atoms with van der Waals surface area (Å²) < 4.78 is 38.4. The van der Waals surface area contributed by atoms with E-state index in [1.165, 1.54) is 26.4 Å². The maximum absolute atomic E-state index is 14.4. The number of aliphatic carboxylic acids is 1. The summed E-state index contributed by atoms with van der Waals surface area (Å²) in [5.41, 5.74) is 7.14. The van der Waals surface area contributed by atoms with Crippen LogP contribution in [0.2, 0.25) is 0 Å². The van der Waals surface area contributed by atoms with Crippen LogP contribution in [0.15, 0.2) is 47.4 Å². The van der Waals surface area contributed by atoms with Crippen molar-refractivity contribution in [3.05, 3.63) is 53.6 Å². The van der Waals surface area contributed by atoms with Gasteiger partial charge in [-0.15, -0.1) is 3.89 Å². The first-order chi connectivity index (χ1) is 18.0. The van der Waals surface area contributed by atoms with Crippen molar-refractivity contribution < 1.29 is 36.5 Å². The van der Waals surface area contributed by atoms with Crippen LogP contribution in [0, 0.1) is 12.8 Å². The number of nitrogens with zero attached hydrogens (tertiary/aromatic N) is 1. The fourth-order valence-corrected chi connectivity index (χ4v) is 7.06. The second kappa shape index (κ2) is 13.7. The van der Waals surface area contributed by atoms with Crippen LogP contribution in [-0.4, -0.2) is 62.6 Å². The Morgan fingerprint density at radius 3 is 2.21 bits per heavy atom. The lowest BCUT2D eigenvalue weighted by Crippen LogP contribution is -2.66. The molecule has 0 spiro atoms. The molecule has 0 fully saturated rings. The quantitative estimate of drug-likeness (QED) is 0.252. The van der Waals surface area contributed by atoms with Crippen molar-refractivity contribution in [2.75, 3.05) is 27.3 Å². The molecule has 2 atom stereocenters. The average molecular weight is 550 g/mol. The van der Waals surface area contributed by atoms with Gasteiger partial charge in [0.2, 0.25) is 6.04 Å². The SMILES string of the molecule is COc1cccc(CCC(=O)[N+](CC(C)C)([C@@H](CCCCN)C(=O)O)S(=O)(=O)c2ccc(C)cc2)c1OC. The number of carbonyl (C=O) groups excluding carboxylic acids is 1. The zero-order chi connectivity index (χ0) is 28.5. The Labute approximate surface area is 226 Å². The number of methoxy groups -OCH3 is 2. The van der Waals surface area contributed by atoms with Gasteiger partial charge in [-0.3, -0.25) is 0 Å². The molecule has 1 amide bonds. The molecule has 38 heavy (non-hydrogen) atoms. The van der Waals surface area contributed by atoms with Crippen molar-refractivity contribution in [2.45, 2.75) is 63.8 Å². The number of carboxylic acid groups (broad SMARTS) is 1. The first-order valence-corrected chi connectivity index (χ1v) is 14.3. The Balaban J connectivity index is 2.71. The van der Waals surface area contributed by atoms with Gasteiger partial charge in [0, 0.05) is 12.3 Å². The Morgan fingerprint density at radius 1 is 1.03 bits per heavy atom. The number of unbranched alkanes of at least 4 members (excludes halogenated alkanes) is 1. The van der Waals surface area contributed by atoms with Crippen LogP contribution in [0.25, 0.3) is 0 Å². The van der Waals surface area contributed by atoms with Gasteiger partial charge in [0.15, 0.2) is 11.5 Å². The lowest BCUT2D eigenvalue weighted by atomic mass is 10.0. The lowest BCUT2D eigenvalue weighted by molar-refractivity contribution is -0.753. The number of para-hydroxylation sites is 1. The van der Waals surface area contributed by atoms with E-state index in [-0.39, 0.29) is 36.6 Å². The number of sulfonamides is 1. The molecule has 0 heterocycles. The minimum absolute atomic E-state index is 0.00142. The van der Waals surface area contributed by atoms with Crippen LogP contribution < -0.4 is 15.2 Å². The molecule has 1 unspecified atom stereocenters. The molecule has 2 aromatic rings. The first kappa shape index (κ1) is 31.3. The number of ether oxygens (including phenoxy) is 2. The van der Waals surface area contributed by atoms with Crippen molar-refractivity contribution in [1.82, 2.24) is 0 Å². The maximum atomic E-state index is 14.4. The highest BCUT2D eigenvalue weighted by Crippen LogP contribution is 2.36. The van der Waals surface area contributed by atoms with Gasteiger partial charge >= 0.3 is 21.9 Å². The summed E-state index contributed by atoms with van der Waals surface area (Å²) in [7, 11) is -1.48. The van der Waals surface area contributed by atoms with Crippen molar-refractivity contribution in [1.29, 1.82) is 0 Å². The second-order valence-electron chi connectivity index (χ2n) is 9.84. The van der Waals surface area contributed by atoms with Crippen molar-refractivity contribution in [2.24, 2.45) is 11.7 Å². The van der Waals surface area contributed by atoms with Gasteiger partial charge in [0.25, 0.3) is 0 Å². The largest absolute Gasteiger partial charge is 0.493 e. The molecular weight excluding hydrogens is 508 g/mol. The van der Waals surface area contributed by atoms with E-state index in [0.717, 1.165) is 5.56 Å². The summed E-state index contributed by atoms with van der Waals surface area (Å²) in [5, 5.41) is 10.4. The third kappa shape index (κ3) is 6.73. The first-order valence-electron chi connectivity index (χ1n) is 12.8. The summed E-state index contributed by atoms with van der Waals surface area (Å²) in [6.45, 7) is 5.56. The number of aryl methyl sites for hydroxylation is 2. The molecule has 0 bridgehead atoms. The highest BCUT2D eigenvalue weighted by atomic mass is 32.2. The van der Waals surface area contributed by atoms with Crippen LogP contribution >= 0.6 is 0 Å². The molecule has 0 aliphatic heterocycles. The fraction of sp³-hybridized carbons (Fsp3) is 0.500. The smallest absolute Gasteiger partial charge is 0.364 e. The van der Waals surface area contributed by atoms with E-state index in [2.05, 4.69) is 0 Å². The second-order valence-corrected chi connectivity index (χ2v) is 11.9. The number of carboxylic acids is 1. The molecule has 2 aromatic carbocycles. The normalized spacial score (nSPS) is 14.1. The molecule has 0 aromatic heterocycles. The van der Waals surface area contributed by atoms with Gasteiger partial charge in [-0.05, 0) is 56.5 Å². The highest BCUT2D eigenvalue weighted by Gasteiger charge is 2.58. The average Bonchev–Trinajstić information content (AvgIpc) is 2.88. The molecular formula is C28H41N2O7S+. The maximum Gasteiger partial charge on any atom is 0.364 e. The van der Waals surface area contributed by atoms with E-state index >= 15 is 0 Å². The fourth-order valence-electron chi connectivity index (χ4n) is 4.82. The van der Waals surface area contributed by atoms with Crippen molar-refractivity contribution >= 4 is 21.9 Å². The van der Waals surface area contributed by atoms with Crippen LogP contribution in [0.4, 0.5) is 0 Å². The van der Waals surface area contributed by atoms with Gasteiger partial charge in [0.1, 0.15) is 11.4 Å². The van der Waals surface area contributed by atoms with E-state index < -0.39 is 31.8 Å². The number of hydrogen-bond donors (Lipinski definition) is 2. The Hall–Kier alpha value is -2.95. The zero-order valence-corrected chi connectivity index (χ0v) is 23.8. The monoisotopic (exact) mass is 549 g/mol. The molecule has 0 saturated carbocycles. The predicted octanol–water partition coefficient (Wildman–Crippen LogP) is 3.92. The van der Waals surface area contributed by atoms with E-state index in [9.17, 15) is 23.1 Å². The zero-order valence-electron chi connectivity index (χ0n) is 23.0. The Bertz CT molecular complexity index is 1200. The van der Waals surface area contributed by atoms with Crippen LogP contribution in [0.1, 0.15) is 50.7 Å². The number of quaternary nitrogens is 1. The number of carbonyl (C=O) groups is 2.